The van der Waals surface area contributed by atoms with Gasteiger partial charge in [0.2, 0.25) is 0 Å². The van der Waals surface area contributed by atoms with E-state index in [2.05, 4.69) is 37.4 Å². The lowest BCUT2D eigenvalue weighted by Crippen LogP contribution is -1.97. The molecule has 74 valence electrons. The molecule has 0 bridgehead atoms. The molecule has 1 heterocycles. The second kappa shape index (κ2) is 3.71. The van der Waals surface area contributed by atoms with Crippen molar-refractivity contribution in [2.75, 3.05) is 6.61 Å². The summed E-state index contributed by atoms with van der Waals surface area (Å²) in [6.45, 7) is 4.38. The Hall–Kier alpha value is -0.860. The van der Waals surface area contributed by atoms with E-state index in [0.29, 0.717) is 0 Å². The molecule has 0 amide bonds. The maximum absolute atomic E-state index is 9.14. The molecule has 0 saturated carbocycles. The lowest BCUT2D eigenvalue weighted by atomic mass is 10.0. The topological polar surface area (TPSA) is 20.2 Å². The Balaban J connectivity index is 2.61. The summed E-state index contributed by atoms with van der Waals surface area (Å²) in [5.74, 6) is 0.241. The predicted molar refractivity (Wildman–Crippen MR) is 62.1 cm³/mol. The first kappa shape index (κ1) is 9.69. The first-order valence-electron chi connectivity index (χ1n) is 4.81. The SMILES string of the molecule is Cc1ccc2scc(C(C)CO)c2c1. The third-order valence-corrected chi connectivity index (χ3v) is 3.55. The first-order valence-corrected chi connectivity index (χ1v) is 5.69. The van der Waals surface area contributed by atoms with Gasteiger partial charge in [-0.1, -0.05) is 24.6 Å². The molecule has 2 heteroatoms. The molecule has 0 radical (unpaired) electrons. The number of fused-ring (bicyclic) bond motifs is 1. The number of hydrogen-bond donors (Lipinski definition) is 1. The highest BCUT2D eigenvalue weighted by Gasteiger charge is 2.10. The molecule has 2 aromatic rings. The third kappa shape index (κ3) is 1.56. The fraction of sp³-hybridized carbons (Fsp3) is 0.333. The lowest BCUT2D eigenvalue weighted by molar-refractivity contribution is 0.274. The fourth-order valence-corrected chi connectivity index (χ4v) is 2.71. The average molecular weight is 206 g/mol. The minimum Gasteiger partial charge on any atom is -0.396 e. The Bertz CT molecular complexity index is 445. The highest BCUT2D eigenvalue weighted by atomic mass is 32.1. The van der Waals surface area contributed by atoms with Crippen LogP contribution in [0.2, 0.25) is 0 Å². The minimum atomic E-state index is 0.222. The van der Waals surface area contributed by atoms with Gasteiger partial charge in [0.05, 0.1) is 0 Å². The van der Waals surface area contributed by atoms with Crippen LogP contribution in [0.15, 0.2) is 23.6 Å². The van der Waals surface area contributed by atoms with Crippen LogP contribution in [0, 0.1) is 6.92 Å². The Labute approximate surface area is 88.0 Å². The number of aliphatic hydroxyl groups is 1. The highest BCUT2D eigenvalue weighted by Crippen LogP contribution is 2.31. The van der Waals surface area contributed by atoms with Crippen molar-refractivity contribution in [2.45, 2.75) is 19.8 Å². The Morgan fingerprint density at radius 3 is 2.93 bits per heavy atom. The van der Waals surface area contributed by atoms with Crippen LogP contribution in [-0.2, 0) is 0 Å². The largest absolute Gasteiger partial charge is 0.396 e. The van der Waals surface area contributed by atoms with Gasteiger partial charge in [0.1, 0.15) is 0 Å². The molecule has 0 spiro atoms. The van der Waals surface area contributed by atoms with E-state index in [4.69, 9.17) is 5.11 Å². The van der Waals surface area contributed by atoms with Crippen LogP contribution < -0.4 is 0 Å². The highest BCUT2D eigenvalue weighted by molar-refractivity contribution is 7.17. The second-order valence-corrected chi connectivity index (χ2v) is 4.69. The number of benzene rings is 1. The van der Waals surface area contributed by atoms with Crippen molar-refractivity contribution in [3.8, 4) is 0 Å². The van der Waals surface area contributed by atoms with E-state index in [1.54, 1.807) is 11.3 Å². The molecule has 1 nitrogen and oxygen atoms in total. The van der Waals surface area contributed by atoms with Gasteiger partial charge < -0.3 is 5.11 Å². The van der Waals surface area contributed by atoms with Crippen molar-refractivity contribution < 1.29 is 5.11 Å². The summed E-state index contributed by atoms with van der Waals surface area (Å²) in [6.07, 6.45) is 0. The van der Waals surface area contributed by atoms with Crippen molar-refractivity contribution in [2.24, 2.45) is 0 Å². The summed E-state index contributed by atoms with van der Waals surface area (Å²) in [4.78, 5) is 0. The quantitative estimate of drug-likeness (QED) is 0.799. The van der Waals surface area contributed by atoms with Crippen LogP contribution in [0.4, 0.5) is 0 Å². The summed E-state index contributed by atoms with van der Waals surface area (Å²) in [5.41, 5.74) is 2.55. The first-order chi connectivity index (χ1) is 6.72. The van der Waals surface area contributed by atoms with Gasteiger partial charge in [-0.25, -0.2) is 0 Å². The van der Waals surface area contributed by atoms with Crippen molar-refractivity contribution in [1.29, 1.82) is 0 Å². The van der Waals surface area contributed by atoms with E-state index >= 15 is 0 Å². The van der Waals surface area contributed by atoms with Gasteiger partial charge in [-0.15, -0.1) is 11.3 Å². The number of rotatable bonds is 2. The molecule has 1 aromatic heterocycles. The zero-order valence-corrected chi connectivity index (χ0v) is 9.27. The van der Waals surface area contributed by atoms with Crippen LogP contribution >= 0.6 is 11.3 Å². The Kier molecular flexibility index (Phi) is 2.57. The second-order valence-electron chi connectivity index (χ2n) is 3.77. The van der Waals surface area contributed by atoms with E-state index in [1.807, 2.05) is 0 Å². The third-order valence-electron chi connectivity index (χ3n) is 2.56. The molecule has 1 N–H and O–H groups in total. The molecule has 2 rings (SSSR count). The number of aliphatic hydroxyl groups excluding tert-OH is 1. The van der Waals surface area contributed by atoms with Gasteiger partial charge in [0.25, 0.3) is 0 Å². The zero-order chi connectivity index (χ0) is 10.1. The Morgan fingerprint density at radius 2 is 2.21 bits per heavy atom. The van der Waals surface area contributed by atoms with Crippen molar-refractivity contribution in [1.82, 2.24) is 0 Å². The van der Waals surface area contributed by atoms with Crippen molar-refractivity contribution in [3.05, 3.63) is 34.7 Å². The Morgan fingerprint density at radius 1 is 1.43 bits per heavy atom. The van der Waals surface area contributed by atoms with Gasteiger partial charge in [-0.3, -0.25) is 0 Å². The molecule has 0 saturated heterocycles. The van der Waals surface area contributed by atoms with Crippen molar-refractivity contribution >= 4 is 21.4 Å². The number of hydrogen-bond acceptors (Lipinski definition) is 2. The average Bonchev–Trinajstić information content (AvgIpc) is 2.59. The van der Waals surface area contributed by atoms with E-state index in [1.165, 1.54) is 21.2 Å². The van der Waals surface area contributed by atoms with Crippen molar-refractivity contribution in [3.63, 3.8) is 0 Å². The predicted octanol–water partition coefficient (Wildman–Crippen LogP) is 3.31. The van der Waals surface area contributed by atoms with Crippen LogP contribution in [0.25, 0.3) is 10.1 Å². The summed E-state index contributed by atoms with van der Waals surface area (Å²) in [6, 6.07) is 6.49. The van der Waals surface area contributed by atoms with Crippen LogP contribution in [0.3, 0.4) is 0 Å². The molecular formula is C12H14OS. The van der Waals surface area contributed by atoms with E-state index in [-0.39, 0.29) is 12.5 Å². The van der Waals surface area contributed by atoms with Gasteiger partial charge in [-0.2, -0.15) is 0 Å². The molecule has 1 aromatic carbocycles. The molecular weight excluding hydrogens is 192 g/mol. The van der Waals surface area contributed by atoms with Crippen LogP contribution in [-0.4, -0.2) is 11.7 Å². The molecule has 1 atom stereocenters. The minimum absolute atomic E-state index is 0.222. The lowest BCUT2D eigenvalue weighted by Gasteiger charge is -2.06. The normalized spacial score (nSPS) is 13.4. The fourth-order valence-electron chi connectivity index (χ4n) is 1.64. The van der Waals surface area contributed by atoms with Gasteiger partial charge >= 0.3 is 0 Å². The molecule has 1 unspecified atom stereocenters. The van der Waals surface area contributed by atoms with Crippen LogP contribution in [0.5, 0.6) is 0 Å². The summed E-state index contributed by atoms with van der Waals surface area (Å²) in [7, 11) is 0. The standard InChI is InChI=1S/C12H14OS/c1-8-3-4-12-10(5-8)11(7-14-12)9(2)6-13/h3-5,7,9,13H,6H2,1-2H3. The van der Waals surface area contributed by atoms with Gasteiger partial charge in [-0.05, 0) is 29.3 Å². The number of aryl methyl sites for hydroxylation is 1. The van der Waals surface area contributed by atoms with E-state index in [9.17, 15) is 0 Å². The number of thiophene rings is 1. The maximum Gasteiger partial charge on any atom is 0.0497 e. The smallest absolute Gasteiger partial charge is 0.0497 e. The summed E-state index contributed by atoms with van der Waals surface area (Å²) < 4.78 is 1.31. The van der Waals surface area contributed by atoms with E-state index < -0.39 is 0 Å². The van der Waals surface area contributed by atoms with Crippen LogP contribution in [0.1, 0.15) is 24.0 Å². The van der Waals surface area contributed by atoms with E-state index in [0.717, 1.165) is 0 Å². The molecule has 0 aliphatic rings. The summed E-state index contributed by atoms with van der Waals surface area (Å²) >= 11 is 1.76. The maximum atomic E-state index is 9.14. The van der Waals surface area contributed by atoms with Gasteiger partial charge in [0.15, 0.2) is 0 Å². The molecule has 0 aliphatic carbocycles. The van der Waals surface area contributed by atoms with Gasteiger partial charge in [0, 0.05) is 17.2 Å². The summed E-state index contributed by atoms with van der Waals surface area (Å²) in [5, 5.41) is 12.6. The zero-order valence-electron chi connectivity index (χ0n) is 8.45. The monoisotopic (exact) mass is 206 g/mol. The molecule has 0 aliphatic heterocycles. The molecule has 0 fully saturated rings. The molecule has 14 heavy (non-hydrogen) atoms.